The quantitative estimate of drug-likeness (QED) is 0.295. The number of carbonyl (C=O) groups excluding carboxylic acids is 6. The van der Waals surface area contributed by atoms with Crippen molar-refractivity contribution in [3.05, 3.63) is 71.8 Å². The summed E-state index contributed by atoms with van der Waals surface area (Å²) in [7, 11) is 0. The van der Waals surface area contributed by atoms with Crippen molar-refractivity contribution in [3.63, 3.8) is 0 Å². The van der Waals surface area contributed by atoms with Crippen LogP contribution < -0.4 is 0 Å². The highest BCUT2D eigenvalue weighted by Crippen LogP contribution is 2.69. The van der Waals surface area contributed by atoms with E-state index in [2.05, 4.69) is 0 Å². The minimum Gasteiger partial charge on any atom is -0.465 e. The van der Waals surface area contributed by atoms with Gasteiger partial charge in [0.05, 0.1) is 28.2 Å². The molecule has 0 amide bonds. The summed E-state index contributed by atoms with van der Waals surface area (Å²) in [6.07, 6.45) is -8.57. The van der Waals surface area contributed by atoms with Crippen molar-refractivity contribution in [2.75, 3.05) is 6.61 Å². The lowest BCUT2D eigenvalue weighted by Gasteiger charge is -2.66. The molecule has 14 nitrogen and oxygen atoms in total. The second-order valence-electron chi connectivity index (χ2n) is 13.9. The van der Waals surface area contributed by atoms with E-state index in [1.54, 1.807) is 50.2 Å². The van der Waals surface area contributed by atoms with Crippen LogP contribution in [0.4, 0.5) is 0 Å². The van der Waals surface area contributed by atoms with E-state index < -0.39 is 107 Å². The third kappa shape index (κ3) is 6.46. The van der Waals surface area contributed by atoms with Gasteiger partial charge in [0.15, 0.2) is 17.8 Å². The largest absolute Gasteiger partial charge is 0.465 e. The lowest BCUT2D eigenvalue weighted by atomic mass is 9.45. The van der Waals surface area contributed by atoms with Crippen LogP contribution in [0.3, 0.4) is 0 Å². The third-order valence-corrected chi connectivity index (χ3v) is 9.96. The number of carbonyl (C=O) groups is 6. The summed E-state index contributed by atoms with van der Waals surface area (Å²) < 4.78 is 42.9. The summed E-state index contributed by atoms with van der Waals surface area (Å²) in [6.45, 7) is 8.18. The number of rotatable bonds is 9. The molecule has 274 valence electrons. The number of benzene rings is 2. The van der Waals surface area contributed by atoms with Crippen LogP contribution in [0, 0.1) is 11.3 Å². The predicted octanol–water partition coefficient (Wildman–Crippen LogP) is 3.11. The van der Waals surface area contributed by atoms with E-state index in [9.17, 15) is 33.9 Å². The first-order chi connectivity index (χ1) is 23.9. The smallest absolute Gasteiger partial charge is 0.338 e. The van der Waals surface area contributed by atoms with Crippen molar-refractivity contribution in [1.82, 2.24) is 0 Å². The number of aliphatic hydroxyl groups is 1. The van der Waals surface area contributed by atoms with Crippen LogP contribution in [-0.2, 0) is 52.3 Å². The van der Waals surface area contributed by atoms with Crippen molar-refractivity contribution < 1.29 is 67.0 Å². The molecule has 1 saturated heterocycles. The van der Waals surface area contributed by atoms with E-state index in [4.69, 9.17) is 33.2 Å². The van der Waals surface area contributed by atoms with Crippen LogP contribution in [0.1, 0.15) is 75.6 Å². The summed E-state index contributed by atoms with van der Waals surface area (Å²) >= 11 is 0. The molecule has 2 saturated carbocycles. The summed E-state index contributed by atoms with van der Waals surface area (Å²) in [5, 5.41) is 12.7. The Bertz CT molecular complexity index is 1690. The Hall–Kier alpha value is -4.82. The van der Waals surface area contributed by atoms with Gasteiger partial charge in [-0.2, -0.15) is 0 Å². The second-order valence-corrected chi connectivity index (χ2v) is 13.9. The van der Waals surface area contributed by atoms with E-state index in [0.717, 1.165) is 27.7 Å². The molecule has 1 aliphatic heterocycles. The van der Waals surface area contributed by atoms with Crippen LogP contribution in [0.25, 0.3) is 0 Å². The van der Waals surface area contributed by atoms with Crippen molar-refractivity contribution in [3.8, 4) is 0 Å². The first kappa shape index (κ1) is 37.4. The van der Waals surface area contributed by atoms with Gasteiger partial charge in [-0.3, -0.25) is 19.2 Å². The third-order valence-electron chi connectivity index (χ3n) is 9.96. The van der Waals surface area contributed by atoms with Crippen molar-refractivity contribution in [1.29, 1.82) is 0 Å². The number of hydrogen-bond donors (Lipinski definition) is 1. The summed E-state index contributed by atoms with van der Waals surface area (Å²) in [5.41, 5.74) is -8.07. The Morgan fingerprint density at radius 2 is 1.16 bits per heavy atom. The summed E-state index contributed by atoms with van der Waals surface area (Å²) in [4.78, 5) is 79.4. The lowest BCUT2D eigenvalue weighted by molar-refractivity contribution is -0.361. The molecule has 0 aromatic heterocycles. The molecular formula is C37H42O14. The maximum atomic E-state index is 14.1. The van der Waals surface area contributed by atoms with Gasteiger partial charge in [-0.25, -0.2) is 9.59 Å². The van der Waals surface area contributed by atoms with Gasteiger partial charge in [-0.1, -0.05) is 36.4 Å². The van der Waals surface area contributed by atoms with Crippen LogP contribution >= 0.6 is 0 Å². The highest BCUT2D eigenvalue weighted by atomic mass is 16.7. The molecule has 2 aromatic carbocycles. The Labute approximate surface area is 294 Å². The van der Waals surface area contributed by atoms with E-state index in [0.29, 0.717) is 0 Å². The topological polar surface area (TPSA) is 187 Å². The molecule has 1 heterocycles. The molecule has 0 unspecified atom stereocenters. The van der Waals surface area contributed by atoms with Crippen LogP contribution in [0.15, 0.2) is 60.7 Å². The molecule has 5 rings (SSSR count). The molecule has 14 heteroatoms. The predicted molar refractivity (Wildman–Crippen MR) is 174 cm³/mol. The summed E-state index contributed by atoms with van der Waals surface area (Å²) in [6, 6.07) is 15.6. The number of fused-ring (bicyclic) bond motifs is 1. The SMILES string of the molecule is CC(=O)OC[C@]12[C@H](OC(=O)c3ccccc3)[C@@H](OC(C)=O)[C@@H]3[C@@H](OC(C)=O)[C@@]1(OC3(C)C)[C@@](C)(O)C[C@H](OC(C)=O)[C@@H]2OC(=O)c1ccccc1. The minimum atomic E-state index is -2.32. The van der Waals surface area contributed by atoms with Gasteiger partial charge in [0.25, 0.3) is 0 Å². The number of esters is 6. The average Bonchev–Trinajstić information content (AvgIpc) is 3.24. The highest BCUT2D eigenvalue weighted by molar-refractivity contribution is 5.90. The molecular weight excluding hydrogens is 668 g/mol. The van der Waals surface area contributed by atoms with E-state index >= 15 is 0 Å². The van der Waals surface area contributed by atoms with Crippen LogP contribution in [0.2, 0.25) is 0 Å². The Morgan fingerprint density at radius 3 is 1.63 bits per heavy atom. The fraction of sp³-hybridized carbons (Fsp3) is 0.514. The Morgan fingerprint density at radius 1 is 0.667 bits per heavy atom. The zero-order valence-corrected chi connectivity index (χ0v) is 29.4. The van der Waals surface area contributed by atoms with E-state index in [1.165, 1.54) is 31.2 Å². The molecule has 51 heavy (non-hydrogen) atoms. The van der Waals surface area contributed by atoms with Crippen LogP contribution in [-0.4, -0.2) is 94.9 Å². The maximum Gasteiger partial charge on any atom is 0.338 e. The van der Waals surface area contributed by atoms with Gasteiger partial charge in [0, 0.05) is 34.1 Å². The normalized spacial score (nSPS) is 33.1. The van der Waals surface area contributed by atoms with E-state index in [1.807, 2.05) is 0 Å². The molecule has 3 fully saturated rings. The Kier molecular flexibility index (Phi) is 10.1. The van der Waals surface area contributed by atoms with Crippen LogP contribution in [0.5, 0.6) is 0 Å². The van der Waals surface area contributed by atoms with Gasteiger partial charge in [-0.15, -0.1) is 0 Å². The molecule has 0 radical (unpaired) electrons. The fourth-order valence-electron chi connectivity index (χ4n) is 8.39. The fourth-order valence-corrected chi connectivity index (χ4v) is 8.39. The molecule has 3 aliphatic rings. The lowest BCUT2D eigenvalue weighted by Crippen LogP contribution is -2.85. The van der Waals surface area contributed by atoms with Gasteiger partial charge < -0.3 is 38.3 Å². The molecule has 2 bridgehead atoms. The number of hydrogen-bond acceptors (Lipinski definition) is 14. The second kappa shape index (κ2) is 13.7. The van der Waals surface area contributed by atoms with Gasteiger partial charge >= 0.3 is 35.8 Å². The first-order valence-corrected chi connectivity index (χ1v) is 16.5. The zero-order valence-electron chi connectivity index (χ0n) is 29.4. The highest BCUT2D eigenvalue weighted by Gasteiger charge is 2.89. The summed E-state index contributed by atoms with van der Waals surface area (Å²) in [5.74, 6) is -6.32. The standard InChI is InChI=1S/C37H42O14/c1-20(38)45-19-36-29(49-32(42)24-14-10-8-11-15-24)26(46-21(2)39)18-35(7,44)37(36)30(48-23(4)41)27(34(5,6)51-37)28(47-22(3)40)31(36)50-33(43)25-16-12-9-13-17-25/h8-17,26-31,44H,18-19H2,1-7H3/t26-,27+,28-,29-,30+,31+,35-,36-,37+/m0/s1. The van der Waals surface area contributed by atoms with E-state index in [-0.39, 0.29) is 11.1 Å². The average molecular weight is 711 g/mol. The van der Waals surface area contributed by atoms with Crippen molar-refractivity contribution >= 4 is 35.8 Å². The van der Waals surface area contributed by atoms with Gasteiger partial charge in [-0.05, 0) is 45.0 Å². The van der Waals surface area contributed by atoms with Gasteiger partial charge in [0.2, 0.25) is 0 Å². The first-order valence-electron chi connectivity index (χ1n) is 16.5. The number of ether oxygens (including phenoxy) is 7. The molecule has 2 aliphatic carbocycles. The molecule has 9 atom stereocenters. The van der Waals surface area contributed by atoms with Crippen molar-refractivity contribution in [2.24, 2.45) is 11.3 Å². The maximum absolute atomic E-state index is 14.1. The zero-order chi connectivity index (χ0) is 37.5. The Balaban J connectivity index is 1.91. The molecule has 1 spiro atoms. The molecule has 1 N–H and O–H groups in total. The molecule has 2 aromatic rings. The monoisotopic (exact) mass is 710 g/mol. The minimum absolute atomic E-state index is 0.0698. The van der Waals surface area contributed by atoms with Gasteiger partial charge in [0.1, 0.15) is 30.3 Å². The van der Waals surface area contributed by atoms with Crippen molar-refractivity contribution in [2.45, 2.75) is 102 Å².